The van der Waals surface area contributed by atoms with E-state index >= 15 is 0 Å². The van der Waals surface area contributed by atoms with Crippen LogP contribution >= 0.6 is 0 Å². The summed E-state index contributed by atoms with van der Waals surface area (Å²) in [6.07, 6.45) is 0.848. The molecule has 0 amide bonds. The number of aromatic nitrogens is 3. The molecule has 0 saturated carbocycles. The Labute approximate surface area is 200 Å². The normalized spacial score (nSPS) is 18.5. The highest BCUT2D eigenvalue weighted by molar-refractivity contribution is 5.76. The minimum atomic E-state index is -0.457. The zero-order valence-electron chi connectivity index (χ0n) is 19.4. The number of aliphatic hydroxyl groups is 1. The number of rotatable bonds is 8. The first-order valence-corrected chi connectivity index (χ1v) is 11.5. The molecule has 4 aromatic rings. The average Bonchev–Trinajstić information content (AvgIpc) is 3.21. The minimum Gasteiger partial charge on any atom is -0.481 e. The molecule has 0 bridgehead atoms. The van der Waals surface area contributed by atoms with Crippen molar-refractivity contribution >= 4 is 22.1 Å². The van der Waals surface area contributed by atoms with Crippen LogP contribution in [0, 0.1) is 5.92 Å². The highest BCUT2D eigenvalue weighted by atomic mass is 16.5. The van der Waals surface area contributed by atoms with Crippen LogP contribution in [0.25, 0.3) is 22.1 Å². The highest BCUT2D eigenvalue weighted by Crippen LogP contribution is 2.18. The Morgan fingerprint density at radius 3 is 2.86 bits per heavy atom. The zero-order chi connectivity index (χ0) is 24.4. The second kappa shape index (κ2) is 9.95. The van der Waals surface area contributed by atoms with Crippen LogP contribution in [0.4, 0.5) is 0 Å². The molecule has 1 aliphatic heterocycles. The van der Waals surface area contributed by atoms with Crippen molar-refractivity contribution in [2.45, 2.75) is 19.2 Å². The van der Waals surface area contributed by atoms with Gasteiger partial charge >= 0.3 is 5.63 Å². The summed E-state index contributed by atoms with van der Waals surface area (Å²) < 4.78 is 12.0. The number of hydrogen-bond donors (Lipinski definition) is 2. The first kappa shape index (κ1) is 23.2. The first-order valence-electron chi connectivity index (χ1n) is 11.5. The van der Waals surface area contributed by atoms with E-state index < -0.39 is 6.10 Å². The van der Waals surface area contributed by atoms with Gasteiger partial charge in [-0.05, 0) is 23.8 Å². The number of benzene rings is 1. The van der Waals surface area contributed by atoms with Gasteiger partial charge in [0.15, 0.2) is 5.65 Å². The lowest BCUT2D eigenvalue weighted by Crippen LogP contribution is -2.31. The van der Waals surface area contributed by atoms with Crippen molar-refractivity contribution in [1.29, 1.82) is 0 Å². The van der Waals surface area contributed by atoms with E-state index in [1.54, 1.807) is 22.8 Å². The fourth-order valence-electron chi connectivity index (χ4n) is 4.53. The number of likely N-dealkylation sites (tertiary alicyclic amines) is 1. The van der Waals surface area contributed by atoms with Crippen LogP contribution in [-0.4, -0.2) is 63.9 Å². The number of nitrogens with one attached hydrogen (secondary N) is 1. The van der Waals surface area contributed by atoms with Crippen LogP contribution in [0.5, 0.6) is 5.88 Å². The topological polar surface area (TPSA) is 123 Å². The number of β-amino-alcohol motifs (C(OH)–C–C–N with tert-alkyl or cyclic N) is 1. The van der Waals surface area contributed by atoms with E-state index in [-0.39, 0.29) is 17.1 Å². The van der Waals surface area contributed by atoms with Gasteiger partial charge in [0, 0.05) is 62.7 Å². The maximum absolute atomic E-state index is 12.5. The monoisotopic (exact) mass is 477 g/mol. The lowest BCUT2D eigenvalue weighted by Gasteiger charge is -2.17. The largest absolute Gasteiger partial charge is 0.481 e. The van der Waals surface area contributed by atoms with Crippen LogP contribution in [0.2, 0.25) is 0 Å². The van der Waals surface area contributed by atoms with E-state index in [9.17, 15) is 14.7 Å². The van der Waals surface area contributed by atoms with Gasteiger partial charge < -0.3 is 19.6 Å². The number of aliphatic hydroxyl groups excluding tert-OH is 1. The number of pyridine rings is 1. The highest BCUT2D eigenvalue weighted by Gasteiger charge is 2.30. The second-order valence-electron chi connectivity index (χ2n) is 8.79. The molecule has 5 rings (SSSR count). The van der Waals surface area contributed by atoms with E-state index in [0.29, 0.717) is 55.4 Å². The summed E-state index contributed by atoms with van der Waals surface area (Å²) in [5.74, 6) is 0.493. The van der Waals surface area contributed by atoms with Gasteiger partial charge in [0.05, 0.1) is 19.4 Å². The molecule has 1 saturated heterocycles. The lowest BCUT2D eigenvalue weighted by molar-refractivity contribution is 0.140. The molecule has 0 aliphatic carbocycles. The maximum Gasteiger partial charge on any atom is 0.336 e. The van der Waals surface area contributed by atoms with Gasteiger partial charge in [0.1, 0.15) is 11.1 Å². The number of fused-ring (bicyclic) bond motifs is 2. The summed E-state index contributed by atoms with van der Waals surface area (Å²) in [7, 11) is 1.53. The molecule has 2 atom stereocenters. The molecule has 0 spiro atoms. The molecule has 1 fully saturated rings. The summed E-state index contributed by atoms with van der Waals surface area (Å²) in [4.78, 5) is 34.6. The van der Waals surface area contributed by atoms with Gasteiger partial charge in [-0.2, -0.15) is 4.98 Å². The van der Waals surface area contributed by atoms with Crippen molar-refractivity contribution in [2.24, 2.45) is 5.92 Å². The molecular formula is C25H27N5O5. The standard InChI is InChI=1S/C25H27N5O5/c1-34-22-6-5-19-25(28-22)30(23(32)13-27-19)9-8-29-14-18(20(31)15-29)12-26-11-16-2-3-17-4-7-24(33)35-21(17)10-16/h2-7,10,13,18,20,26,31H,8-9,11-12,14-15H2,1H3/t18-,20+/m0/s1. The van der Waals surface area contributed by atoms with Crippen molar-refractivity contribution in [2.75, 3.05) is 33.3 Å². The Balaban J connectivity index is 1.18. The third-order valence-electron chi connectivity index (χ3n) is 6.42. The Hall–Kier alpha value is -3.60. The van der Waals surface area contributed by atoms with Crippen LogP contribution in [0.15, 0.2) is 62.7 Å². The van der Waals surface area contributed by atoms with E-state index in [2.05, 4.69) is 20.2 Å². The van der Waals surface area contributed by atoms with E-state index in [1.165, 1.54) is 19.4 Å². The molecule has 3 aromatic heterocycles. The molecule has 10 nitrogen and oxygen atoms in total. The maximum atomic E-state index is 12.5. The summed E-state index contributed by atoms with van der Waals surface area (Å²) in [6.45, 7) is 3.55. The molecule has 0 unspecified atom stereocenters. The molecule has 2 N–H and O–H groups in total. The van der Waals surface area contributed by atoms with Crippen LogP contribution < -0.4 is 21.2 Å². The molecule has 1 aliphatic rings. The molecule has 182 valence electrons. The van der Waals surface area contributed by atoms with Crippen molar-refractivity contribution < 1.29 is 14.3 Å². The van der Waals surface area contributed by atoms with E-state index in [1.807, 2.05) is 18.2 Å². The van der Waals surface area contributed by atoms with Crippen molar-refractivity contribution in [1.82, 2.24) is 24.8 Å². The third kappa shape index (κ3) is 5.09. The minimum absolute atomic E-state index is 0.0671. The smallest absolute Gasteiger partial charge is 0.336 e. The number of methoxy groups -OCH3 is 1. The van der Waals surface area contributed by atoms with Gasteiger partial charge in [-0.3, -0.25) is 14.3 Å². The average molecular weight is 478 g/mol. The summed E-state index contributed by atoms with van der Waals surface area (Å²) in [5.41, 5.74) is 2.09. The van der Waals surface area contributed by atoms with Crippen molar-refractivity contribution in [3.8, 4) is 5.88 Å². The molecule has 35 heavy (non-hydrogen) atoms. The number of ether oxygens (including phenoxy) is 1. The van der Waals surface area contributed by atoms with Gasteiger partial charge in [-0.25, -0.2) is 9.78 Å². The van der Waals surface area contributed by atoms with Crippen LogP contribution in [-0.2, 0) is 13.1 Å². The summed E-state index contributed by atoms with van der Waals surface area (Å²) in [6, 6.07) is 12.4. The Kier molecular flexibility index (Phi) is 6.58. The van der Waals surface area contributed by atoms with Gasteiger partial charge in [-0.15, -0.1) is 0 Å². The van der Waals surface area contributed by atoms with Gasteiger partial charge in [0.2, 0.25) is 5.88 Å². The lowest BCUT2D eigenvalue weighted by atomic mass is 10.1. The van der Waals surface area contributed by atoms with Gasteiger partial charge in [0.25, 0.3) is 5.56 Å². The molecule has 4 heterocycles. The fraction of sp³-hybridized carbons (Fsp3) is 0.360. The first-order chi connectivity index (χ1) is 17.0. The van der Waals surface area contributed by atoms with Gasteiger partial charge in [-0.1, -0.05) is 12.1 Å². The Morgan fingerprint density at radius 1 is 1.14 bits per heavy atom. The SMILES string of the molecule is COc1ccc2ncc(=O)n(CCN3C[C@H](CNCc4ccc5ccc(=O)oc5c4)[C@H](O)C3)c2n1. The summed E-state index contributed by atoms with van der Waals surface area (Å²) in [5, 5.41) is 14.9. The molecule has 10 heteroatoms. The predicted molar refractivity (Wildman–Crippen MR) is 130 cm³/mol. The number of nitrogens with zero attached hydrogens (tertiary/aromatic N) is 4. The Bertz CT molecular complexity index is 1470. The quantitative estimate of drug-likeness (QED) is 0.358. The Morgan fingerprint density at radius 2 is 2.00 bits per heavy atom. The van der Waals surface area contributed by atoms with Crippen molar-refractivity contribution in [3.05, 3.63) is 75.0 Å². The fourth-order valence-corrected chi connectivity index (χ4v) is 4.53. The van der Waals surface area contributed by atoms with E-state index in [0.717, 1.165) is 17.5 Å². The molecule has 1 aromatic carbocycles. The van der Waals surface area contributed by atoms with Crippen LogP contribution in [0.3, 0.4) is 0 Å². The molecule has 0 radical (unpaired) electrons. The zero-order valence-corrected chi connectivity index (χ0v) is 19.4. The predicted octanol–water partition coefficient (Wildman–Crippen LogP) is 0.989. The third-order valence-corrected chi connectivity index (χ3v) is 6.42. The number of hydrogen-bond acceptors (Lipinski definition) is 9. The summed E-state index contributed by atoms with van der Waals surface area (Å²) >= 11 is 0. The van der Waals surface area contributed by atoms with Crippen molar-refractivity contribution in [3.63, 3.8) is 0 Å². The molecular weight excluding hydrogens is 450 g/mol. The van der Waals surface area contributed by atoms with E-state index in [4.69, 9.17) is 9.15 Å². The second-order valence-corrected chi connectivity index (χ2v) is 8.79. The van der Waals surface area contributed by atoms with Crippen LogP contribution in [0.1, 0.15) is 5.56 Å².